The molecule has 1 heterocycles. The van der Waals surface area contributed by atoms with E-state index in [2.05, 4.69) is 57.0 Å². The van der Waals surface area contributed by atoms with Gasteiger partial charge < -0.3 is 10.6 Å². The maximum absolute atomic E-state index is 4.46. The Morgan fingerprint density at radius 1 is 0.792 bits per heavy atom. The maximum atomic E-state index is 4.46. The minimum Gasteiger partial charge on any atom is -0.324 e. The van der Waals surface area contributed by atoms with Crippen molar-refractivity contribution in [1.29, 1.82) is 0 Å². The minimum atomic E-state index is 0.524. The Hall–Kier alpha value is -2.60. The number of nitrogens with one attached hydrogen (secondary N) is 2. The third-order valence-corrected chi connectivity index (χ3v) is 4.07. The fourth-order valence-electron chi connectivity index (χ4n) is 2.28. The Labute approximate surface area is 146 Å². The summed E-state index contributed by atoms with van der Waals surface area (Å²) in [6, 6.07) is 16.2. The van der Waals surface area contributed by atoms with Gasteiger partial charge >= 0.3 is 0 Å². The van der Waals surface area contributed by atoms with Crippen LogP contribution in [-0.4, -0.2) is 21.2 Å². The van der Waals surface area contributed by atoms with Crippen LogP contribution in [0.15, 0.2) is 53.4 Å². The highest BCUT2D eigenvalue weighted by atomic mass is 32.2. The van der Waals surface area contributed by atoms with Gasteiger partial charge in [0.25, 0.3) is 0 Å². The average molecular weight is 337 g/mol. The molecule has 122 valence electrons. The third kappa shape index (κ3) is 4.23. The van der Waals surface area contributed by atoms with Crippen molar-refractivity contribution in [1.82, 2.24) is 15.0 Å². The van der Waals surface area contributed by atoms with Crippen LogP contribution < -0.4 is 10.6 Å². The summed E-state index contributed by atoms with van der Waals surface area (Å²) in [5.74, 6) is 1.70. The number of aryl methyl sites for hydroxylation is 2. The lowest BCUT2D eigenvalue weighted by Crippen LogP contribution is -2.05. The first-order chi connectivity index (χ1) is 11.6. The molecule has 0 amide bonds. The van der Waals surface area contributed by atoms with E-state index in [-0.39, 0.29) is 0 Å². The van der Waals surface area contributed by atoms with Gasteiger partial charge in [-0.3, -0.25) is 0 Å². The lowest BCUT2D eigenvalue weighted by Gasteiger charge is -2.10. The number of nitrogens with zero attached hydrogens (tertiary/aromatic N) is 3. The summed E-state index contributed by atoms with van der Waals surface area (Å²) in [5.41, 5.74) is 3.09. The number of anilines is 4. The second kappa shape index (κ2) is 7.31. The molecular formula is C18H19N5S. The summed E-state index contributed by atoms with van der Waals surface area (Å²) in [5, 5.41) is 6.47. The number of benzene rings is 2. The van der Waals surface area contributed by atoms with E-state index in [9.17, 15) is 0 Å². The normalized spacial score (nSPS) is 10.5. The molecule has 3 rings (SSSR count). The van der Waals surface area contributed by atoms with E-state index in [1.54, 1.807) is 11.8 Å². The first-order valence-corrected chi connectivity index (χ1v) is 8.82. The van der Waals surface area contributed by atoms with Gasteiger partial charge in [-0.2, -0.15) is 15.0 Å². The molecule has 0 bridgehead atoms. The van der Waals surface area contributed by atoms with Crippen molar-refractivity contribution in [2.75, 3.05) is 16.9 Å². The van der Waals surface area contributed by atoms with Crippen molar-refractivity contribution < 1.29 is 0 Å². The van der Waals surface area contributed by atoms with Crippen LogP contribution in [0.1, 0.15) is 11.4 Å². The molecule has 0 radical (unpaired) electrons. The summed E-state index contributed by atoms with van der Waals surface area (Å²) in [4.78, 5) is 14.4. The molecule has 0 aliphatic carbocycles. The molecular weight excluding hydrogens is 318 g/mol. The SMILES string of the molecule is CSc1cccc(Nc2nc(C)nc(Nc3cccc(C)c3)n2)c1. The van der Waals surface area contributed by atoms with Crippen LogP contribution in [0.25, 0.3) is 0 Å². The quantitative estimate of drug-likeness (QED) is 0.658. The van der Waals surface area contributed by atoms with Gasteiger partial charge in [0.05, 0.1) is 0 Å². The van der Waals surface area contributed by atoms with Gasteiger partial charge in [0.1, 0.15) is 5.82 Å². The van der Waals surface area contributed by atoms with Gasteiger partial charge in [0, 0.05) is 16.3 Å². The van der Waals surface area contributed by atoms with Crippen molar-refractivity contribution in [2.24, 2.45) is 0 Å². The summed E-state index contributed by atoms with van der Waals surface area (Å²) < 4.78 is 0. The van der Waals surface area contributed by atoms with E-state index in [0.717, 1.165) is 11.4 Å². The topological polar surface area (TPSA) is 62.7 Å². The fourth-order valence-corrected chi connectivity index (χ4v) is 2.73. The molecule has 2 N–H and O–H groups in total. The molecule has 3 aromatic rings. The molecule has 6 heteroatoms. The second-order valence-electron chi connectivity index (χ2n) is 5.38. The number of aromatic nitrogens is 3. The number of hydrogen-bond donors (Lipinski definition) is 2. The van der Waals surface area contributed by atoms with Gasteiger partial charge in [-0.25, -0.2) is 0 Å². The molecule has 0 aliphatic rings. The maximum Gasteiger partial charge on any atom is 0.232 e. The summed E-state index contributed by atoms with van der Waals surface area (Å²) in [6.45, 7) is 3.90. The van der Waals surface area contributed by atoms with Crippen LogP contribution in [-0.2, 0) is 0 Å². The van der Waals surface area contributed by atoms with Gasteiger partial charge in [0.15, 0.2) is 0 Å². The zero-order valence-electron chi connectivity index (χ0n) is 13.9. The third-order valence-electron chi connectivity index (χ3n) is 3.35. The number of thioether (sulfide) groups is 1. The van der Waals surface area contributed by atoms with E-state index in [1.807, 2.05) is 37.3 Å². The van der Waals surface area contributed by atoms with Crippen LogP contribution >= 0.6 is 11.8 Å². The molecule has 5 nitrogen and oxygen atoms in total. The predicted molar refractivity (Wildman–Crippen MR) is 101 cm³/mol. The average Bonchev–Trinajstić information content (AvgIpc) is 2.54. The minimum absolute atomic E-state index is 0.524. The first kappa shape index (κ1) is 16.3. The van der Waals surface area contributed by atoms with E-state index in [1.165, 1.54) is 10.5 Å². The van der Waals surface area contributed by atoms with Gasteiger partial charge in [-0.05, 0) is 56.0 Å². The zero-order valence-corrected chi connectivity index (χ0v) is 14.7. The van der Waals surface area contributed by atoms with Crippen molar-refractivity contribution >= 4 is 35.0 Å². The van der Waals surface area contributed by atoms with Crippen LogP contribution in [0.5, 0.6) is 0 Å². The van der Waals surface area contributed by atoms with Crippen LogP contribution in [0.4, 0.5) is 23.3 Å². The van der Waals surface area contributed by atoms with Crippen molar-refractivity contribution in [2.45, 2.75) is 18.7 Å². The molecule has 0 saturated carbocycles. The highest BCUT2D eigenvalue weighted by Crippen LogP contribution is 2.22. The Bertz CT molecular complexity index is 850. The second-order valence-corrected chi connectivity index (χ2v) is 6.26. The van der Waals surface area contributed by atoms with Crippen molar-refractivity contribution in [3.05, 3.63) is 59.9 Å². The summed E-state index contributed by atoms with van der Waals surface area (Å²) in [6.07, 6.45) is 2.05. The Morgan fingerprint density at radius 3 is 2.04 bits per heavy atom. The Morgan fingerprint density at radius 2 is 1.42 bits per heavy atom. The van der Waals surface area contributed by atoms with E-state index >= 15 is 0 Å². The largest absolute Gasteiger partial charge is 0.324 e. The zero-order chi connectivity index (χ0) is 16.9. The highest BCUT2D eigenvalue weighted by molar-refractivity contribution is 7.98. The van der Waals surface area contributed by atoms with Crippen LogP contribution in [0.2, 0.25) is 0 Å². The highest BCUT2D eigenvalue weighted by Gasteiger charge is 2.05. The summed E-state index contributed by atoms with van der Waals surface area (Å²) in [7, 11) is 0. The lowest BCUT2D eigenvalue weighted by atomic mass is 10.2. The van der Waals surface area contributed by atoms with E-state index in [4.69, 9.17) is 0 Å². The fraction of sp³-hybridized carbons (Fsp3) is 0.167. The molecule has 0 fully saturated rings. The molecule has 0 spiro atoms. The van der Waals surface area contributed by atoms with Gasteiger partial charge in [0.2, 0.25) is 11.9 Å². The summed E-state index contributed by atoms with van der Waals surface area (Å²) >= 11 is 1.70. The number of hydrogen-bond acceptors (Lipinski definition) is 6. The Kier molecular flexibility index (Phi) is 4.96. The first-order valence-electron chi connectivity index (χ1n) is 7.60. The molecule has 1 aromatic heterocycles. The van der Waals surface area contributed by atoms with Gasteiger partial charge in [-0.15, -0.1) is 11.8 Å². The van der Waals surface area contributed by atoms with Gasteiger partial charge in [-0.1, -0.05) is 18.2 Å². The van der Waals surface area contributed by atoms with Crippen LogP contribution in [0, 0.1) is 13.8 Å². The van der Waals surface area contributed by atoms with Crippen molar-refractivity contribution in [3.63, 3.8) is 0 Å². The Balaban J connectivity index is 1.83. The van der Waals surface area contributed by atoms with E-state index in [0.29, 0.717) is 17.7 Å². The standard InChI is InChI=1S/C18H19N5S/c1-12-6-4-7-14(10-12)21-17-19-13(2)20-18(23-17)22-15-8-5-9-16(11-15)24-3/h4-11H,1-3H3,(H2,19,20,21,22,23). The van der Waals surface area contributed by atoms with Crippen LogP contribution in [0.3, 0.4) is 0 Å². The number of rotatable bonds is 5. The smallest absolute Gasteiger partial charge is 0.232 e. The molecule has 0 aliphatic heterocycles. The molecule has 24 heavy (non-hydrogen) atoms. The van der Waals surface area contributed by atoms with E-state index < -0.39 is 0 Å². The predicted octanol–water partition coefficient (Wildman–Crippen LogP) is 4.70. The molecule has 0 atom stereocenters. The molecule has 2 aromatic carbocycles. The monoisotopic (exact) mass is 337 g/mol. The molecule has 0 saturated heterocycles. The van der Waals surface area contributed by atoms with Crippen molar-refractivity contribution in [3.8, 4) is 0 Å². The molecule has 0 unspecified atom stereocenters. The lowest BCUT2D eigenvalue weighted by molar-refractivity contribution is 0.989.